The molecule has 15 heteroatoms. The van der Waals surface area contributed by atoms with E-state index in [1.54, 1.807) is 109 Å². The standard InChI is InChI=1S/C46H38F4N2O9/c1-56-34-24-22-29(23-25-34)26-35-40(46(48,49)50)51-52(27-30-14-6-2-7-15-30)41(35)61-45-39(60-44(55)33-20-12-5-13-21-33)38(59-43(54)32-18-10-4-11-19-32)37(47)36(58-45)28-57-42(53)31-16-8-3-9-17-31/h2-25,36-39,45H,26-28H2,1H3/t36-,37-,38+,39-,45-/m1/s1. The molecule has 314 valence electrons. The number of rotatable bonds is 14. The van der Waals surface area contributed by atoms with Crippen LogP contribution in [0.4, 0.5) is 17.6 Å². The fraction of sp³-hybridized carbons (Fsp3) is 0.217. The molecule has 1 saturated heterocycles. The van der Waals surface area contributed by atoms with Crippen molar-refractivity contribution in [2.24, 2.45) is 0 Å². The zero-order valence-electron chi connectivity index (χ0n) is 32.4. The summed E-state index contributed by atoms with van der Waals surface area (Å²) in [6.45, 7) is -1.01. The molecule has 5 aromatic carbocycles. The van der Waals surface area contributed by atoms with Crippen LogP contribution in [0.25, 0.3) is 0 Å². The second-order valence-electron chi connectivity index (χ2n) is 13.8. The zero-order chi connectivity index (χ0) is 42.9. The molecule has 11 nitrogen and oxygen atoms in total. The molecule has 0 saturated carbocycles. The molecule has 0 bridgehead atoms. The van der Waals surface area contributed by atoms with Crippen LogP contribution < -0.4 is 9.47 Å². The fourth-order valence-corrected chi connectivity index (χ4v) is 6.62. The van der Waals surface area contributed by atoms with Crippen LogP contribution in [0.3, 0.4) is 0 Å². The molecule has 61 heavy (non-hydrogen) atoms. The van der Waals surface area contributed by atoms with E-state index in [1.807, 2.05) is 0 Å². The molecule has 0 N–H and O–H groups in total. The van der Waals surface area contributed by atoms with Gasteiger partial charge < -0.3 is 28.4 Å². The van der Waals surface area contributed by atoms with Crippen molar-refractivity contribution in [3.63, 3.8) is 0 Å². The number of carbonyl (C=O) groups is 3. The molecule has 0 radical (unpaired) electrons. The van der Waals surface area contributed by atoms with Crippen molar-refractivity contribution in [2.45, 2.75) is 49.9 Å². The van der Waals surface area contributed by atoms with Crippen LogP contribution in [0.2, 0.25) is 0 Å². The Morgan fingerprint density at radius 1 is 0.672 bits per heavy atom. The third-order valence-corrected chi connectivity index (χ3v) is 9.67. The Hall–Kier alpha value is -7.00. The summed E-state index contributed by atoms with van der Waals surface area (Å²) in [5, 5.41) is 3.99. The summed E-state index contributed by atoms with van der Waals surface area (Å²) in [5.74, 6) is -2.89. The highest BCUT2D eigenvalue weighted by atomic mass is 19.4. The summed E-state index contributed by atoms with van der Waals surface area (Å²) in [6, 6.07) is 37.8. The van der Waals surface area contributed by atoms with Gasteiger partial charge in [0.15, 0.2) is 18.0 Å². The highest BCUT2D eigenvalue weighted by molar-refractivity contribution is 5.90. The Morgan fingerprint density at radius 2 is 1.18 bits per heavy atom. The highest BCUT2D eigenvalue weighted by Crippen LogP contribution is 2.40. The van der Waals surface area contributed by atoms with Crippen molar-refractivity contribution in [3.8, 4) is 11.6 Å². The smallest absolute Gasteiger partial charge is 0.435 e. The third-order valence-electron chi connectivity index (χ3n) is 9.67. The van der Waals surface area contributed by atoms with Gasteiger partial charge in [-0.15, -0.1) is 0 Å². The number of alkyl halides is 4. The minimum Gasteiger partial charge on any atom is -0.497 e. The topological polar surface area (TPSA) is 124 Å². The number of nitrogens with zero attached hydrogens (tertiary/aromatic N) is 2. The molecule has 0 spiro atoms. The van der Waals surface area contributed by atoms with E-state index in [2.05, 4.69) is 5.10 Å². The molecule has 7 rings (SSSR count). The maximum atomic E-state index is 17.0. The average molecular weight is 839 g/mol. The molecule has 1 aromatic heterocycles. The minimum atomic E-state index is -5.00. The molecule has 1 aliphatic heterocycles. The van der Waals surface area contributed by atoms with Gasteiger partial charge in [-0.3, -0.25) is 0 Å². The van der Waals surface area contributed by atoms with E-state index >= 15 is 17.6 Å². The van der Waals surface area contributed by atoms with E-state index in [0.29, 0.717) is 16.9 Å². The largest absolute Gasteiger partial charge is 0.497 e. The van der Waals surface area contributed by atoms with E-state index in [0.717, 1.165) is 4.68 Å². The molecule has 5 atom stereocenters. The normalized spacial score (nSPS) is 18.7. The van der Waals surface area contributed by atoms with Crippen molar-refractivity contribution in [1.82, 2.24) is 9.78 Å². The first kappa shape index (κ1) is 42.1. The lowest BCUT2D eigenvalue weighted by molar-refractivity contribution is -0.265. The fourth-order valence-electron chi connectivity index (χ4n) is 6.62. The van der Waals surface area contributed by atoms with Crippen molar-refractivity contribution >= 4 is 17.9 Å². The first-order valence-electron chi connectivity index (χ1n) is 19.0. The lowest BCUT2D eigenvalue weighted by atomic mass is 9.99. The molecule has 1 fully saturated rings. The number of ether oxygens (including phenoxy) is 6. The number of hydrogen-bond donors (Lipinski definition) is 0. The lowest BCUT2D eigenvalue weighted by Gasteiger charge is -2.42. The van der Waals surface area contributed by atoms with Gasteiger partial charge in [-0.2, -0.15) is 18.3 Å². The monoisotopic (exact) mass is 838 g/mol. The van der Waals surface area contributed by atoms with Gasteiger partial charge in [0.05, 0.1) is 35.9 Å². The van der Waals surface area contributed by atoms with Gasteiger partial charge in [0, 0.05) is 6.42 Å². The van der Waals surface area contributed by atoms with Gasteiger partial charge in [-0.25, -0.2) is 23.5 Å². The number of carbonyl (C=O) groups excluding carboxylic acids is 3. The van der Waals surface area contributed by atoms with Gasteiger partial charge in [-0.05, 0) is 59.7 Å². The Morgan fingerprint density at radius 3 is 1.70 bits per heavy atom. The van der Waals surface area contributed by atoms with Crippen molar-refractivity contribution in [1.29, 1.82) is 0 Å². The number of aromatic nitrogens is 2. The highest BCUT2D eigenvalue weighted by Gasteiger charge is 2.53. The van der Waals surface area contributed by atoms with E-state index in [1.165, 1.54) is 43.5 Å². The van der Waals surface area contributed by atoms with Crippen LogP contribution in [0.5, 0.6) is 11.6 Å². The van der Waals surface area contributed by atoms with E-state index < -0.39 is 78.6 Å². The second-order valence-corrected chi connectivity index (χ2v) is 13.8. The summed E-state index contributed by atoms with van der Waals surface area (Å²) >= 11 is 0. The van der Waals surface area contributed by atoms with E-state index in [9.17, 15) is 14.4 Å². The molecule has 1 aliphatic rings. The van der Waals surface area contributed by atoms with Gasteiger partial charge in [0.1, 0.15) is 18.5 Å². The quantitative estimate of drug-likeness (QED) is 0.0601. The van der Waals surface area contributed by atoms with Crippen LogP contribution in [-0.4, -0.2) is 72.2 Å². The molecular weight excluding hydrogens is 801 g/mol. The van der Waals surface area contributed by atoms with Crippen molar-refractivity contribution in [2.75, 3.05) is 13.7 Å². The molecule has 6 aromatic rings. The Labute approximate surface area is 347 Å². The second kappa shape index (κ2) is 18.9. The van der Waals surface area contributed by atoms with Gasteiger partial charge in [-0.1, -0.05) is 97.1 Å². The number of hydrogen-bond acceptors (Lipinski definition) is 10. The molecule has 0 aliphatic carbocycles. The summed E-state index contributed by atoms with van der Waals surface area (Å²) in [7, 11) is 1.45. The Bertz CT molecular complexity index is 2400. The Balaban J connectivity index is 1.34. The van der Waals surface area contributed by atoms with Crippen LogP contribution in [0, 0.1) is 0 Å². The maximum absolute atomic E-state index is 17.0. The molecule has 0 amide bonds. The van der Waals surface area contributed by atoms with E-state index in [4.69, 9.17) is 28.4 Å². The maximum Gasteiger partial charge on any atom is 0.435 e. The lowest BCUT2D eigenvalue weighted by Crippen LogP contribution is -2.61. The predicted molar refractivity (Wildman–Crippen MR) is 211 cm³/mol. The summed E-state index contributed by atoms with van der Waals surface area (Å²) in [5.41, 5.74) is -0.606. The van der Waals surface area contributed by atoms with Gasteiger partial charge in [0.2, 0.25) is 18.3 Å². The van der Waals surface area contributed by atoms with Gasteiger partial charge in [0.25, 0.3) is 0 Å². The summed E-state index contributed by atoms with van der Waals surface area (Å²) < 4.78 is 97.8. The van der Waals surface area contributed by atoms with E-state index in [-0.39, 0.29) is 29.7 Å². The average Bonchev–Trinajstić information content (AvgIpc) is 3.62. The summed E-state index contributed by atoms with van der Waals surface area (Å²) in [6.07, 6.45) is -15.5. The number of methoxy groups -OCH3 is 1. The summed E-state index contributed by atoms with van der Waals surface area (Å²) in [4.78, 5) is 40.4. The SMILES string of the molecule is COc1ccc(Cc2c(C(F)(F)F)nn(Cc3ccccc3)c2O[C@H]2O[C@H](COC(=O)c3ccccc3)[C@@H](F)[C@H](OC(=O)c3ccccc3)[C@H]2OC(=O)c2ccccc2)cc1. The molecular formula is C46H38F4N2O9. The first-order valence-corrected chi connectivity index (χ1v) is 19.0. The number of halogens is 4. The number of esters is 3. The number of benzene rings is 5. The van der Waals surface area contributed by atoms with Crippen molar-refractivity contribution in [3.05, 3.63) is 185 Å². The molecule has 2 heterocycles. The van der Waals surface area contributed by atoms with Crippen LogP contribution in [-0.2, 0) is 38.1 Å². The van der Waals surface area contributed by atoms with Gasteiger partial charge >= 0.3 is 24.1 Å². The zero-order valence-corrected chi connectivity index (χ0v) is 32.4. The minimum absolute atomic E-state index is 0.0105. The molecule has 0 unspecified atom stereocenters. The Kier molecular flexibility index (Phi) is 13.1. The van der Waals surface area contributed by atoms with Crippen LogP contribution in [0.1, 0.15) is 53.5 Å². The first-order chi connectivity index (χ1) is 29.5. The third kappa shape index (κ3) is 10.2. The predicted octanol–water partition coefficient (Wildman–Crippen LogP) is 8.30. The van der Waals surface area contributed by atoms with Crippen LogP contribution >= 0.6 is 0 Å². The van der Waals surface area contributed by atoms with Crippen LogP contribution in [0.15, 0.2) is 146 Å². The van der Waals surface area contributed by atoms with Crippen molar-refractivity contribution < 1.29 is 60.4 Å².